The van der Waals surface area contributed by atoms with Gasteiger partial charge in [-0.2, -0.15) is 0 Å². The largest absolute Gasteiger partial charge is 0.508 e. The molecule has 10 atom stereocenters. The van der Waals surface area contributed by atoms with Crippen molar-refractivity contribution >= 4 is 76.9 Å². The van der Waals surface area contributed by atoms with Gasteiger partial charge in [-0.3, -0.25) is 57.7 Å². The summed E-state index contributed by atoms with van der Waals surface area (Å²) in [7, 11) is 0. The van der Waals surface area contributed by atoms with Crippen LogP contribution < -0.4 is 82.3 Å². The fourth-order valence-corrected chi connectivity index (χ4v) is 7.73. The van der Waals surface area contributed by atoms with Gasteiger partial charge in [-0.1, -0.05) is 30.7 Å². The number of carbonyl (C=O) groups is 12. The lowest BCUT2D eigenvalue weighted by Crippen LogP contribution is -2.62. The number of nitrogens with two attached hydrogens (primary N) is 6. The van der Waals surface area contributed by atoms with Crippen molar-refractivity contribution in [2.75, 3.05) is 32.8 Å². The molecule has 34 nitrogen and oxygen atoms in total. The molecule has 2 aromatic carbocycles. The fraction of sp³-hybridized carbons (Fsp3) is 0.510. The van der Waals surface area contributed by atoms with Gasteiger partial charge in [-0.25, -0.2) is 4.79 Å². The SMILES string of the molecule is C[C@@H](O)[C@H](NC(=O)CNC(=O)[C@H](CC(N)=O)NC(=O)[C@@H](N)CCCCN)C(=O)N[C@@H](CCC(N)=O)C(=O)N[C@@H](CO)C(=O)N[C@@H](Cc1ccc(O)cc1)C(=O)N[C@@H](CO)C(=O)N[C@@H](Cc1ccc(O)cc1)C(=O)N[C@@H](CCCN=C(N)N)C(=O)O. The average molecular weight is 1200 g/mol. The number of nitrogens with one attached hydrogen (secondary N) is 9. The van der Waals surface area contributed by atoms with E-state index in [1.165, 1.54) is 48.5 Å². The normalized spacial score (nSPS) is 14.4. The monoisotopic (exact) mass is 1200 g/mol. The Hall–Kier alpha value is -9.25. The Morgan fingerprint density at radius 1 is 0.518 bits per heavy atom. The van der Waals surface area contributed by atoms with Gasteiger partial charge in [0.2, 0.25) is 65.0 Å². The number of hydrogen-bond acceptors (Lipinski definition) is 20. The van der Waals surface area contributed by atoms with E-state index < -0.39 is 177 Å². The Morgan fingerprint density at radius 3 is 1.40 bits per heavy atom. The second kappa shape index (κ2) is 37.1. The smallest absolute Gasteiger partial charge is 0.326 e. The van der Waals surface area contributed by atoms with Crippen molar-refractivity contribution < 1.29 is 88.2 Å². The van der Waals surface area contributed by atoms with Gasteiger partial charge in [0.1, 0.15) is 59.8 Å². The number of carboxylic acid groups (broad SMARTS) is 1. The van der Waals surface area contributed by atoms with Crippen molar-refractivity contribution in [3.63, 3.8) is 0 Å². The van der Waals surface area contributed by atoms with E-state index in [0.717, 1.165) is 6.92 Å². The first-order chi connectivity index (χ1) is 40.1. The molecule has 11 amide bonds. The van der Waals surface area contributed by atoms with Crippen LogP contribution in [0.5, 0.6) is 11.5 Å². The number of phenolic OH excluding ortho intramolecular Hbond substituents is 2. The van der Waals surface area contributed by atoms with Gasteiger partial charge in [-0.05, 0) is 81.0 Å². The number of amides is 11. The van der Waals surface area contributed by atoms with Gasteiger partial charge >= 0.3 is 5.97 Å². The van der Waals surface area contributed by atoms with E-state index in [1.54, 1.807) is 0 Å². The molecule has 0 aliphatic rings. The minimum absolute atomic E-state index is 0.0177. The first-order valence-electron chi connectivity index (χ1n) is 26.5. The molecule has 27 N–H and O–H groups in total. The zero-order valence-corrected chi connectivity index (χ0v) is 46.5. The number of aliphatic imine (C=N–C) groups is 1. The number of nitrogens with zero attached hydrogens (tertiary/aromatic N) is 1. The number of phenols is 2. The van der Waals surface area contributed by atoms with Crippen LogP contribution in [0.2, 0.25) is 0 Å². The molecule has 0 heterocycles. The molecule has 2 rings (SSSR count). The number of aliphatic carboxylic acids is 1. The summed E-state index contributed by atoms with van der Waals surface area (Å²) >= 11 is 0. The molecule has 0 saturated carbocycles. The molecule has 470 valence electrons. The van der Waals surface area contributed by atoms with Gasteiger partial charge in [0.15, 0.2) is 5.96 Å². The van der Waals surface area contributed by atoms with Crippen LogP contribution in [0.1, 0.15) is 69.4 Å². The first-order valence-corrected chi connectivity index (χ1v) is 26.5. The number of aromatic hydroxyl groups is 2. The first kappa shape index (κ1) is 71.9. The Bertz CT molecular complexity index is 2640. The van der Waals surface area contributed by atoms with Crippen LogP contribution in [0.25, 0.3) is 0 Å². The molecule has 0 spiro atoms. The predicted molar refractivity (Wildman–Crippen MR) is 299 cm³/mol. The standard InChI is InChI=1S/C51H78N16O18/c1-25(70)41(67-40(75)22-59-43(77)35(21-39(55)74)62-42(76)30(53)5-2-3-17-52)49(83)60-31(15-16-38(54)73)44(78)65-36(23-68)47(81)64-34(20-27-9-13-29(72)14-10-27)46(80)66-37(24-69)48(82)63-33(19-26-7-11-28(71)12-8-26)45(79)61-32(50(84)85)6-4-18-58-51(56)57/h7-14,25,30-37,41,68-72H,2-6,15-24,52-53H2,1H3,(H2,54,73)(H2,55,74)(H,59,77)(H,60,83)(H,61,79)(H,62,76)(H,63,82)(H,64,81)(H,65,78)(H,66,80)(H,67,75)(H,84,85)(H4,56,57,58)/t25-,30+,31+,32+,33+,34+,35+,36+,37+,41+/m1/s1. The number of primary amides is 2. The molecular weight excluding hydrogens is 1120 g/mol. The van der Waals surface area contributed by atoms with Gasteiger partial charge in [-0.15, -0.1) is 0 Å². The van der Waals surface area contributed by atoms with Crippen LogP contribution in [0, 0.1) is 0 Å². The summed E-state index contributed by atoms with van der Waals surface area (Å²) in [6.07, 6.45) is -3.17. The van der Waals surface area contributed by atoms with Gasteiger partial charge in [0.05, 0.1) is 38.3 Å². The van der Waals surface area contributed by atoms with Crippen LogP contribution in [0.4, 0.5) is 0 Å². The van der Waals surface area contributed by atoms with Crippen molar-refractivity contribution in [2.45, 2.75) is 132 Å². The third kappa shape index (κ3) is 27.1. The minimum atomic E-state index is -1.97. The van der Waals surface area contributed by atoms with E-state index in [1.807, 2.05) is 0 Å². The molecular formula is C51H78N16O18. The molecule has 0 radical (unpaired) electrons. The van der Waals surface area contributed by atoms with Crippen molar-refractivity contribution in [3.8, 4) is 11.5 Å². The molecule has 0 unspecified atom stereocenters. The summed E-state index contributed by atoms with van der Waals surface area (Å²) in [4.78, 5) is 161. The number of benzene rings is 2. The number of aliphatic hydroxyl groups excluding tert-OH is 3. The number of guanidine groups is 1. The zero-order chi connectivity index (χ0) is 63.9. The van der Waals surface area contributed by atoms with Gasteiger partial charge in [0.25, 0.3) is 0 Å². The Labute approximate surface area is 486 Å². The van der Waals surface area contributed by atoms with Crippen LogP contribution in [-0.4, -0.2) is 201 Å². The van der Waals surface area contributed by atoms with Gasteiger partial charge in [0, 0.05) is 25.8 Å². The molecule has 34 heteroatoms. The third-order valence-electron chi connectivity index (χ3n) is 12.4. The number of unbranched alkanes of at least 4 members (excludes halogenated alkanes) is 1. The van der Waals surface area contributed by atoms with E-state index in [9.17, 15) is 88.2 Å². The second-order valence-electron chi connectivity index (χ2n) is 19.4. The van der Waals surface area contributed by atoms with Crippen molar-refractivity contribution in [2.24, 2.45) is 39.4 Å². The van der Waals surface area contributed by atoms with E-state index in [-0.39, 0.29) is 55.3 Å². The molecule has 85 heavy (non-hydrogen) atoms. The summed E-state index contributed by atoms with van der Waals surface area (Å²) in [6.45, 7) is -1.83. The lowest BCUT2D eigenvalue weighted by Gasteiger charge is -2.27. The van der Waals surface area contributed by atoms with Crippen molar-refractivity contribution in [1.29, 1.82) is 0 Å². The van der Waals surface area contributed by atoms with E-state index >= 15 is 0 Å². The highest BCUT2D eigenvalue weighted by Gasteiger charge is 2.36. The maximum absolute atomic E-state index is 14.1. The number of carbonyl (C=O) groups excluding carboxylic acids is 11. The maximum atomic E-state index is 14.1. The number of hydrogen-bond donors (Lipinski definition) is 21. The van der Waals surface area contributed by atoms with Gasteiger partial charge < -0.3 is 113 Å². The molecule has 0 saturated heterocycles. The summed E-state index contributed by atoms with van der Waals surface area (Å²) < 4.78 is 0. The van der Waals surface area contributed by atoms with Crippen LogP contribution in [0.3, 0.4) is 0 Å². The lowest BCUT2D eigenvalue weighted by atomic mass is 10.0. The molecule has 0 aromatic heterocycles. The summed E-state index contributed by atoms with van der Waals surface area (Å²) in [5, 5.41) is 81.2. The van der Waals surface area contributed by atoms with E-state index in [4.69, 9.17) is 34.4 Å². The van der Waals surface area contributed by atoms with Crippen molar-refractivity contribution in [1.82, 2.24) is 47.9 Å². The zero-order valence-electron chi connectivity index (χ0n) is 46.5. The average Bonchev–Trinajstić information content (AvgIpc) is 3.65. The van der Waals surface area contributed by atoms with Crippen LogP contribution in [-0.2, 0) is 70.4 Å². The summed E-state index contributed by atoms with van der Waals surface area (Å²) in [5.41, 5.74) is 33.2. The van der Waals surface area contributed by atoms with Crippen molar-refractivity contribution in [3.05, 3.63) is 59.7 Å². The number of carboxylic acids is 1. The van der Waals surface area contributed by atoms with Crippen LogP contribution >= 0.6 is 0 Å². The highest BCUT2D eigenvalue weighted by molar-refractivity contribution is 5.99. The maximum Gasteiger partial charge on any atom is 0.326 e. The minimum Gasteiger partial charge on any atom is -0.508 e. The second-order valence-corrected chi connectivity index (χ2v) is 19.4. The summed E-state index contributed by atoms with van der Waals surface area (Å²) in [5.74, 6) is -14.2. The third-order valence-corrected chi connectivity index (χ3v) is 12.4. The lowest BCUT2D eigenvalue weighted by molar-refractivity contribution is -0.142. The Morgan fingerprint density at radius 2 is 0.965 bits per heavy atom. The highest BCUT2D eigenvalue weighted by atomic mass is 16.4. The molecule has 0 aliphatic carbocycles. The molecule has 0 bridgehead atoms. The Kier molecular flexibility index (Phi) is 31.3. The van der Waals surface area contributed by atoms with E-state index in [2.05, 4.69) is 52.8 Å². The highest BCUT2D eigenvalue weighted by Crippen LogP contribution is 2.14. The van der Waals surface area contributed by atoms with Crippen LogP contribution in [0.15, 0.2) is 53.5 Å². The number of rotatable bonds is 39. The molecule has 2 aromatic rings. The topological polar surface area (TPSA) is 603 Å². The number of aliphatic hydroxyl groups is 3. The quantitative estimate of drug-likeness (QED) is 0.0168. The predicted octanol–water partition coefficient (Wildman–Crippen LogP) is -9.02. The Balaban J connectivity index is 2.35. The molecule has 0 aliphatic heterocycles. The fourth-order valence-electron chi connectivity index (χ4n) is 7.73. The summed E-state index contributed by atoms with van der Waals surface area (Å²) in [6, 6.07) is -4.57. The van der Waals surface area contributed by atoms with E-state index in [0.29, 0.717) is 24.9 Å². The molecule has 0 fully saturated rings.